The van der Waals surface area contributed by atoms with Gasteiger partial charge in [0.15, 0.2) is 0 Å². The fourth-order valence-corrected chi connectivity index (χ4v) is 3.31. The Bertz CT molecular complexity index is 930. The first-order valence-electron chi connectivity index (χ1n) is 8.04. The molecule has 5 heteroatoms. The SMILES string of the molecule is COC(=O)N1CCc2cc(-c3cnc4[nH]cc(C)c4c3)ccc2C1. The van der Waals surface area contributed by atoms with Crippen LogP contribution in [0, 0.1) is 6.92 Å². The summed E-state index contributed by atoms with van der Waals surface area (Å²) in [4.78, 5) is 21.1. The van der Waals surface area contributed by atoms with Crippen LogP contribution >= 0.6 is 0 Å². The van der Waals surface area contributed by atoms with Crippen LogP contribution in [-0.2, 0) is 17.7 Å². The lowest BCUT2D eigenvalue weighted by Crippen LogP contribution is -2.35. The van der Waals surface area contributed by atoms with Gasteiger partial charge in [0.05, 0.1) is 7.11 Å². The van der Waals surface area contributed by atoms with E-state index in [-0.39, 0.29) is 6.09 Å². The molecule has 4 rings (SSSR count). The predicted octanol–water partition coefficient (Wildman–Crippen LogP) is 3.66. The molecule has 0 saturated heterocycles. The molecule has 24 heavy (non-hydrogen) atoms. The average molecular weight is 321 g/mol. The fraction of sp³-hybridized carbons (Fsp3) is 0.263. The van der Waals surface area contributed by atoms with Gasteiger partial charge in [-0.2, -0.15) is 0 Å². The van der Waals surface area contributed by atoms with E-state index in [9.17, 15) is 4.79 Å². The zero-order valence-corrected chi connectivity index (χ0v) is 13.8. The highest BCUT2D eigenvalue weighted by molar-refractivity contribution is 5.84. The topological polar surface area (TPSA) is 58.2 Å². The van der Waals surface area contributed by atoms with Crippen molar-refractivity contribution >= 4 is 17.1 Å². The third-order valence-electron chi connectivity index (χ3n) is 4.72. The van der Waals surface area contributed by atoms with E-state index in [0.717, 1.165) is 28.6 Å². The van der Waals surface area contributed by atoms with E-state index < -0.39 is 0 Å². The molecule has 0 bridgehead atoms. The second-order valence-corrected chi connectivity index (χ2v) is 6.22. The van der Waals surface area contributed by atoms with Crippen molar-refractivity contribution in [2.24, 2.45) is 0 Å². The molecule has 3 aromatic rings. The minimum Gasteiger partial charge on any atom is -0.453 e. The van der Waals surface area contributed by atoms with E-state index in [1.165, 1.54) is 23.8 Å². The minimum atomic E-state index is -0.262. The van der Waals surface area contributed by atoms with Crippen LogP contribution < -0.4 is 0 Å². The van der Waals surface area contributed by atoms with E-state index >= 15 is 0 Å². The maximum Gasteiger partial charge on any atom is 0.409 e. The number of hydrogen-bond donors (Lipinski definition) is 1. The number of H-pyrrole nitrogens is 1. The van der Waals surface area contributed by atoms with Gasteiger partial charge < -0.3 is 14.6 Å². The number of carbonyl (C=O) groups is 1. The van der Waals surface area contributed by atoms with Crippen molar-refractivity contribution < 1.29 is 9.53 Å². The van der Waals surface area contributed by atoms with E-state index in [1.807, 2.05) is 12.4 Å². The number of nitrogens with one attached hydrogen (secondary N) is 1. The molecule has 0 spiro atoms. The Labute approximate surface area is 140 Å². The summed E-state index contributed by atoms with van der Waals surface area (Å²) < 4.78 is 4.82. The molecule has 0 aliphatic carbocycles. The molecular weight excluding hydrogens is 302 g/mol. The van der Waals surface area contributed by atoms with Crippen LogP contribution in [0.3, 0.4) is 0 Å². The van der Waals surface area contributed by atoms with Crippen LogP contribution in [-0.4, -0.2) is 34.6 Å². The lowest BCUT2D eigenvalue weighted by molar-refractivity contribution is 0.118. The van der Waals surface area contributed by atoms with Crippen molar-refractivity contribution in [1.82, 2.24) is 14.9 Å². The Morgan fingerprint density at radius 1 is 1.25 bits per heavy atom. The number of benzene rings is 1. The monoisotopic (exact) mass is 321 g/mol. The number of aryl methyl sites for hydroxylation is 1. The molecule has 3 heterocycles. The summed E-state index contributed by atoms with van der Waals surface area (Å²) in [6.45, 7) is 3.38. The summed E-state index contributed by atoms with van der Waals surface area (Å²) in [6.07, 6.45) is 4.47. The number of aromatic nitrogens is 2. The van der Waals surface area contributed by atoms with Gasteiger partial charge in [0.25, 0.3) is 0 Å². The molecule has 0 saturated carbocycles. The lowest BCUT2D eigenvalue weighted by atomic mass is 9.95. The molecule has 1 aliphatic heterocycles. The van der Waals surface area contributed by atoms with Crippen LogP contribution in [0.15, 0.2) is 36.7 Å². The van der Waals surface area contributed by atoms with Gasteiger partial charge >= 0.3 is 6.09 Å². The molecule has 1 amide bonds. The number of hydrogen-bond acceptors (Lipinski definition) is 3. The molecule has 0 unspecified atom stereocenters. The van der Waals surface area contributed by atoms with E-state index in [2.05, 4.69) is 41.2 Å². The summed E-state index contributed by atoms with van der Waals surface area (Å²) in [6, 6.07) is 8.60. The fourth-order valence-electron chi connectivity index (χ4n) is 3.31. The Morgan fingerprint density at radius 3 is 2.96 bits per heavy atom. The summed E-state index contributed by atoms with van der Waals surface area (Å²) in [7, 11) is 1.42. The van der Waals surface area contributed by atoms with E-state index in [0.29, 0.717) is 13.1 Å². The van der Waals surface area contributed by atoms with E-state index in [1.54, 1.807) is 4.90 Å². The number of ether oxygens (including phenoxy) is 1. The van der Waals surface area contributed by atoms with E-state index in [4.69, 9.17) is 4.74 Å². The number of carbonyl (C=O) groups excluding carboxylic acids is 1. The number of rotatable bonds is 1. The van der Waals surface area contributed by atoms with Crippen molar-refractivity contribution in [3.8, 4) is 11.1 Å². The highest BCUT2D eigenvalue weighted by Gasteiger charge is 2.21. The van der Waals surface area contributed by atoms with Crippen molar-refractivity contribution in [2.45, 2.75) is 19.9 Å². The van der Waals surface area contributed by atoms with Crippen molar-refractivity contribution in [3.63, 3.8) is 0 Å². The van der Waals surface area contributed by atoms with Crippen LogP contribution in [0.1, 0.15) is 16.7 Å². The Hall–Kier alpha value is -2.82. The maximum absolute atomic E-state index is 11.7. The third kappa shape index (κ3) is 2.42. The van der Waals surface area contributed by atoms with Crippen LogP contribution in [0.25, 0.3) is 22.2 Å². The molecular formula is C19H19N3O2. The van der Waals surface area contributed by atoms with Crippen molar-refractivity contribution in [3.05, 3.63) is 53.3 Å². The number of aromatic amines is 1. The van der Waals surface area contributed by atoms with Gasteiger partial charge in [0.1, 0.15) is 5.65 Å². The normalized spacial score (nSPS) is 13.8. The average Bonchev–Trinajstić information content (AvgIpc) is 3.00. The standard InChI is InChI=1S/C19H19N3O2/c1-12-9-20-18-17(12)8-16(10-21-18)13-3-4-15-11-22(19(23)24-2)6-5-14(15)7-13/h3-4,7-10H,5-6,11H2,1-2H3,(H,20,21). The number of fused-ring (bicyclic) bond motifs is 2. The molecule has 1 aliphatic rings. The van der Waals surface area contributed by atoms with Gasteiger partial charge in [-0.05, 0) is 41.7 Å². The van der Waals surface area contributed by atoms with Crippen LogP contribution in [0.4, 0.5) is 4.79 Å². The Morgan fingerprint density at radius 2 is 2.12 bits per heavy atom. The van der Waals surface area contributed by atoms with Gasteiger partial charge in [-0.1, -0.05) is 18.2 Å². The summed E-state index contributed by atoms with van der Waals surface area (Å²) in [5.74, 6) is 0. The summed E-state index contributed by atoms with van der Waals surface area (Å²) >= 11 is 0. The molecule has 2 aromatic heterocycles. The highest BCUT2D eigenvalue weighted by Crippen LogP contribution is 2.28. The third-order valence-corrected chi connectivity index (χ3v) is 4.72. The van der Waals surface area contributed by atoms with Gasteiger partial charge in [0, 0.05) is 36.4 Å². The number of methoxy groups -OCH3 is 1. The molecule has 122 valence electrons. The lowest BCUT2D eigenvalue weighted by Gasteiger charge is -2.28. The van der Waals surface area contributed by atoms with Gasteiger partial charge in [-0.15, -0.1) is 0 Å². The molecule has 0 fully saturated rings. The van der Waals surface area contributed by atoms with Crippen LogP contribution in [0.5, 0.6) is 0 Å². The van der Waals surface area contributed by atoms with Gasteiger partial charge in [0.2, 0.25) is 0 Å². The number of amides is 1. The smallest absolute Gasteiger partial charge is 0.409 e. The number of pyridine rings is 1. The largest absolute Gasteiger partial charge is 0.453 e. The quantitative estimate of drug-likeness (QED) is 0.744. The van der Waals surface area contributed by atoms with Gasteiger partial charge in [-0.3, -0.25) is 0 Å². The molecule has 1 aromatic carbocycles. The molecule has 0 radical (unpaired) electrons. The zero-order chi connectivity index (χ0) is 16.7. The second kappa shape index (κ2) is 5.67. The Kier molecular flexibility index (Phi) is 3.49. The van der Waals surface area contributed by atoms with Gasteiger partial charge in [-0.25, -0.2) is 9.78 Å². The summed E-state index contributed by atoms with van der Waals surface area (Å²) in [5.41, 5.74) is 6.87. The second-order valence-electron chi connectivity index (χ2n) is 6.22. The predicted molar refractivity (Wildman–Crippen MR) is 92.8 cm³/mol. The maximum atomic E-state index is 11.7. The molecule has 1 N–H and O–H groups in total. The highest BCUT2D eigenvalue weighted by atomic mass is 16.5. The number of nitrogens with zero attached hydrogens (tertiary/aromatic N) is 2. The van der Waals surface area contributed by atoms with Crippen molar-refractivity contribution in [2.75, 3.05) is 13.7 Å². The minimum absolute atomic E-state index is 0.262. The molecule has 5 nitrogen and oxygen atoms in total. The first-order valence-corrected chi connectivity index (χ1v) is 8.04. The Balaban J connectivity index is 1.68. The van der Waals surface area contributed by atoms with Crippen LogP contribution in [0.2, 0.25) is 0 Å². The molecule has 0 atom stereocenters. The first kappa shape index (κ1) is 14.8. The summed E-state index contributed by atoms with van der Waals surface area (Å²) in [5, 5.41) is 1.15. The zero-order valence-electron chi connectivity index (χ0n) is 13.8. The first-order chi connectivity index (χ1) is 11.7. The van der Waals surface area contributed by atoms with Crippen molar-refractivity contribution in [1.29, 1.82) is 0 Å².